The summed E-state index contributed by atoms with van der Waals surface area (Å²) in [5.41, 5.74) is 2.87. The van der Waals surface area contributed by atoms with E-state index in [4.69, 9.17) is 4.74 Å². The first-order chi connectivity index (χ1) is 11.0. The Bertz CT molecular complexity index is 686. The minimum atomic E-state index is 0.0131. The highest BCUT2D eigenvalue weighted by atomic mass is 16.5. The summed E-state index contributed by atoms with van der Waals surface area (Å²) in [6, 6.07) is 6.05. The van der Waals surface area contributed by atoms with Crippen LogP contribution in [0.4, 0.5) is 0 Å². The number of fused-ring (bicyclic) bond motifs is 1. The summed E-state index contributed by atoms with van der Waals surface area (Å²) in [5, 5.41) is 4.15. The number of benzene rings is 1. The van der Waals surface area contributed by atoms with Crippen LogP contribution in [-0.4, -0.2) is 23.6 Å². The van der Waals surface area contributed by atoms with Gasteiger partial charge in [0.05, 0.1) is 6.61 Å². The number of hydrogen-bond acceptors (Lipinski definition) is 2. The summed E-state index contributed by atoms with van der Waals surface area (Å²) in [7, 11) is 0. The van der Waals surface area contributed by atoms with Crippen molar-refractivity contribution in [2.24, 2.45) is 5.92 Å². The number of aromatic nitrogens is 1. The van der Waals surface area contributed by atoms with Gasteiger partial charge in [-0.1, -0.05) is 13.8 Å². The molecule has 0 saturated carbocycles. The summed E-state index contributed by atoms with van der Waals surface area (Å²) in [5.74, 6) is 1.45. The van der Waals surface area contributed by atoms with Gasteiger partial charge < -0.3 is 14.6 Å². The number of nitrogens with one attached hydrogen (secondary N) is 1. The van der Waals surface area contributed by atoms with Crippen LogP contribution in [0.1, 0.15) is 50.2 Å². The van der Waals surface area contributed by atoms with E-state index >= 15 is 0 Å². The van der Waals surface area contributed by atoms with Crippen LogP contribution >= 0.6 is 0 Å². The number of nitrogens with zero attached hydrogens (tertiary/aromatic N) is 1. The molecule has 1 amide bonds. The molecule has 1 N–H and O–H groups in total. The fourth-order valence-corrected chi connectivity index (χ4v) is 2.94. The molecule has 23 heavy (non-hydrogen) atoms. The van der Waals surface area contributed by atoms with Gasteiger partial charge in [-0.3, -0.25) is 4.79 Å². The first-order valence-corrected chi connectivity index (χ1v) is 8.53. The maximum Gasteiger partial charge on any atom is 0.268 e. The largest absolute Gasteiger partial charge is 0.494 e. The lowest BCUT2D eigenvalue weighted by Crippen LogP contribution is -2.28. The molecule has 1 aromatic heterocycles. The van der Waals surface area contributed by atoms with Crippen molar-refractivity contribution in [1.82, 2.24) is 9.88 Å². The van der Waals surface area contributed by atoms with Gasteiger partial charge in [0, 0.05) is 24.0 Å². The normalized spacial score (nSPS) is 11.2. The predicted molar refractivity (Wildman–Crippen MR) is 95.3 cm³/mol. The zero-order chi connectivity index (χ0) is 17.0. The Kier molecular flexibility index (Phi) is 5.69. The van der Waals surface area contributed by atoms with E-state index in [9.17, 15) is 4.79 Å². The number of ether oxygens (including phenoxy) is 1. The third kappa shape index (κ3) is 3.69. The van der Waals surface area contributed by atoms with Gasteiger partial charge in [-0.15, -0.1) is 0 Å². The number of aryl methyl sites for hydroxylation is 2. The first kappa shape index (κ1) is 17.4. The Morgan fingerprint density at radius 3 is 2.65 bits per heavy atom. The molecule has 0 aliphatic carbocycles. The number of amides is 1. The van der Waals surface area contributed by atoms with Crippen molar-refractivity contribution >= 4 is 16.8 Å². The Morgan fingerprint density at radius 2 is 2.04 bits per heavy atom. The summed E-state index contributed by atoms with van der Waals surface area (Å²) < 4.78 is 7.68. The lowest BCUT2D eigenvalue weighted by molar-refractivity contribution is 0.0942. The number of carbonyl (C=O) groups excluding carboxylic acids is 1. The highest BCUT2D eigenvalue weighted by molar-refractivity contribution is 6.02. The molecule has 0 aliphatic heterocycles. The van der Waals surface area contributed by atoms with Crippen molar-refractivity contribution in [3.63, 3.8) is 0 Å². The van der Waals surface area contributed by atoms with Crippen molar-refractivity contribution in [3.05, 3.63) is 29.5 Å². The molecule has 126 valence electrons. The predicted octanol–water partition coefficient (Wildman–Crippen LogP) is 4.14. The van der Waals surface area contributed by atoms with Gasteiger partial charge in [0.25, 0.3) is 5.91 Å². The monoisotopic (exact) mass is 316 g/mol. The van der Waals surface area contributed by atoms with Gasteiger partial charge >= 0.3 is 0 Å². The molecule has 0 unspecified atom stereocenters. The van der Waals surface area contributed by atoms with E-state index in [1.54, 1.807) is 0 Å². The van der Waals surface area contributed by atoms with Crippen LogP contribution in [-0.2, 0) is 6.54 Å². The molecule has 0 radical (unpaired) electrons. The molecule has 4 heteroatoms. The van der Waals surface area contributed by atoms with Gasteiger partial charge in [-0.05, 0) is 56.9 Å². The zero-order valence-electron chi connectivity index (χ0n) is 14.9. The molecular formula is C19H28N2O2. The summed E-state index contributed by atoms with van der Waals surface area (Å²) in [4.78, 5) is 12.6. The minimum absolute atomic E-state index is 0.0131. The Balaban J connectivity index is 2.38. The molecule has 1 heterocycles. The van der Waals surface area contributed by atoms with Crippen LogP contribution in [0.2, 0.25) is 0 Å². The third-order valence-corrected chi connectivity index (χ3v) is 4.14. The van der Waals surface area contributed by atoms with Gasteiger partial charge in [-0.2, -0.15) is 0 Å². The van der Waals surface area contributed by atoms with Crippen LogP contribution in [0.15, 0.2) is 18.2 Å². The molecule has 2 rings (SSSR count). The molecule has 0 spiro atoms. The lowest BCUT2D eigenvalue weighted by Gasteiger charge is -2.11. The smallest absolute Gasteiger partial charge is 0.268 e. The van der Waals surface area contributed by atoms with Gasteiger partial charge in [0.1, 0.15) is 11.4 Å². The van der Waals surface area contributed by atoms with E-state index in [1.807, 2.05) is 32.0 Å². The molecule has 0 saturated heterocycles. The third-order valence-electron chi connectivity index (χ3n) is 4.14. The Hall–Kier alpha value is -1.97. The van der Waals surface area contributed by atoms with E-state index in [2.05, 4.69) is 30.7 Å². The topological polar surface area (TPSA) is 43.3 Å². The molecule has 0 fully saturated rings. The quantitative estimate of drug-likeness (QED) is 0.834. The van der Waals surface area contributed by atoms with Crippen molar-refractivity contribution in [3.8, 4) is 5.75 Å². The van der Waals surface area contributed by atoms with Crippen molar-refractivity contribution in [1.29, 1.82) is 0 Å². The van der Waals surface area contributed by atoms with E-state index in [0.29, 0.717) is 19.1 Å². The summed E-state index contributed by atoms with van der Waals surface area (Å²) in [6.07, 6.45) is 0.992. The van der Waals surface area contributed by atoms with Crippen LogP contribution in [0, 0.1) is 12.8 Å². The van der Waals surface area contributed by atoms with Gasteiger partial charge in [-0.25, -0.2) is 0 Å². The standard InChI is InChI=1S/C19H28N2O2/c1-6-21-17-9-8-15(23-7-2)12-16(17)14(5)18(21)19(22)20-11-10-13(3)4/h8-9,12-13H,6-7,10-11H2,1-5H3,(H,20,22). The van der Waals surface area contributed by atoms with Crippen LogP contribution in [0.3, 0.4) is 0 Å². The summed E-state index contributed by atoms with van der Waals surface area (Å²) >= 11 is 0. The second-order valence-electron chi connectivity index (χ2n) is 6.27. The minimum Gasteiger partial charge on any atom is -0.494 e. The maximum absolute atomic E-state index is 12.6. The van der Waals surface area contributed by atoms with Gasteiger partial charge in [0.15, 0.2) is 0 Å². The fraction of sp³-hybridized carbons (Fsp3) is 0.526. The number of hydrogen-bond donors (Lipinski definition) is 1. The first-order valence-electron chi connectivity index (χ1n) is 8.53. The average Bonchev–Trinajstić information content (AvgIpc) is 2.79. The lowest BCUT2D eigenvalue weighted by atomic mass is 10.1. The second kappa shape index (κ2) is 7.53. The Morgan fingerprint density at radius 1 is 1.30 bits per heavy atom. The fourth-order valence-electron chi connectivity index (χ4n) is 2.94. The SMILES string of the molecule is CCOc1ccc2c(c1)c(C)c(C(=O)NCCC(C)C)n2CC. The highest BCUT2D eigenvalue weighted by Crippen LogP contribution is 2.29. The number of rotatable bonds is 7. The van der Waals surface area contributed by atoms with E-state index < -0.39 is 0 Å². The highest BCUT2D eigenvalue weighted by Gasteiger charge is 2.19. The van der Waals surface area contributed by atoms with Crippen molar-refractivity contribution in [2.45, 2.75) is 47.6 Å². The molecule has 0 aliphatic rings. The van der Waals surface area contributed by atoms with Crippen LogP contribution in [0.25, 0.3) is 10.9 Å². The van der Waals surface area contributed by atoms with Crippen LogP contribution in [0.5, 0.6) is 5.75 Å². The summed E-state index contributed by atoms with van der Waals surface area (Å²) in [6.45, 7) is 12.5. The molecular weight excluding hydrogens is 288 g/mol. The molecule has 0 bridgehead atoms. The second-order valence-corrected chi connectivity index (χ2v) is 6.27. The molecule has 1 aromatic carbocycles. The average molecular weight is 316 g/mol. The van der Waals surface area contributed by atoms with Crippen molar-refractivity contribution < 1.29 is 9.53 Å². The van der Waals surface area contributed by atoms with Crippen molar-refractivity contribution in [2.75, 3.05) is 13.2 Å². The molecule has 4 nitrogen and oxygen atoms in total. The van der Waals surface area contributed by atoms with E-state index in [-0.39, 0.29) is 5.91 Å². The zero-order valence-corrected chi connectivity index (χ0v) is 14.9. The van der Waals surface area contributed by atoms with Gasteiger partial charge in [0.2, 0.25) is 0 Å². The molecule has 2 aromatic rings. The maximum atomic E-state index is 12.6. The van der Waals surface area contributed by atoms with E-state index in [0.717, 1.165) is 40.9 Å². The Labute approximate surface area is 138 Å². The number of carbonyl (C=O) groups is 1. The van der Waals surface area contributed by atoms with E-state index in [1.165, 1.54) is 0 Å². The van der Waals surface area contributed by atoms with Crippen LogP contribution < -0.4 is 10.1 Å². The molecule has 0 atom stereocenters.